The predicted molar refractivity (Wildman–Crippen MR) is 175 cm³/mol. The van der Waals surface area contributed by atoms with Gasteiger partial charge in [0.1, 0.15) is 0 Å². The molecule has 0 aromatic heterocycles. The van der Waals surface area contributed by atoms with Gasteiger partial charge in [0.05, 0.1) is 22.5 Å². The normalized spacial score (nSPS) is 27.2. The van der Waals surface area contributed by atoms with E-state index in [4.69, 9.17) is 4.74 Å². The van der Waals surface area contributed by atoms with E-state index in [9.17, 15) is 24.3 Å². The number of rotatable bonds is 5. The number of amides is 2. The predicted octanol–water partition coefficient (Wildman–Crippen LogP) is 5.10. The molecule has 8 nitrogen and oxygen atoms in total. The fraction of sp³-hybridized carbons (Fsp3) is 0.389. The molecule has 2 aromatic carbocycles. The number of phenolic OH excluding ortho intramolecular Hbond substituents is 1. The van der Waals surface area contributed by atoms with Crippen LogP contribution >= 0.6 is 22.6 Å². The average molecular weight is 719 g/mol. The van der Waals surface area contributed by atoms with Gasteiger partial charge in [0.15, 0.2) is 23.1 Å². The number of ether oxygens (including phenoxy) is 1. The molecule has 2 heterocycles. The molecule has 4 atom stereocenters. The van der Waals surface area contributed by atoms with Gasteiger partial charge in [-0.2, -0.15) is 0 Å². The molecule has 5 aliphatic rings. The van der Waals surface area contributed by atoms with Crippen molar-refractivity contribution in [3.63, 3.8) is 0 Å². The third-order valence-corrected chi connectivity index (χ3v) is 11.2. The number of carbonyl (C=O) groups is 4. The van der Waals surface area contributed by atoms with Crippen molar-refractivity contribution in [1.29, 1.82) is 0 Å². The monoisotopic (exact) mass is 718 g/mol. The number of nitrogens with zero attached hydrogens (tertiary/aromatic N) is 2. The van der Waals surface area contributed by atoms with Crippen LogP contribution in [0.15, 0.2) is 76.9 Å². The Labute approximate surface area is 275 Å². The third kappa shape index (κ3) is 4.99. The van der Waals surface area contributed by atoms with Gasteiger partial charge in [0.2, 0.25) is 11.8 Å². The van der Waals surface area contributed by atoms with E-state index in [1.807, 2.05) is 52.9 Å². The van der Waals surface area contributed by atoms with E-state index < -0.39 is 17.8 Å². The van der Waals surface area contributed by atoms with Gasteiger partial charge in [0, 0.05) is 48.3 Å². The summed E-state index contributed by atoms with van der Waals surface area (Å²) in [5, 5.41) is 10.6. The van der Waals surface area contributed by atoms with Crippen LogP contribution in [0.3, 0.4) is 0 Å². The summed E-state index contributed by atoms with van der Waals surface area (Å²) in [4.78, 5) is 59.3. The van der Waals surface area contributed by atoms with Crippen LogP contribution in [0.5, 0.6) is 11.5 Å². The number of Topliss-reactive ketones (excluding diaryl/α,β-unsaturated/α-hetero) is 1. The number of carbonyl (C=O) groups excluding carboxylic acids is 4. The molecule has 2 aliphatic heterocycles. The Kier molecular flexibility index (Phi) is 7.80. The van der Waals surface area contributed by atoms with Gasteiger partial charge in [-0.3, -0.25) is 29.0 Å². The molecule has 2 saturated heterocycles. The molecule has 2 aromatic rings. The molecule has 1 N–H and O–H groups in total. The van der Waals surface area contributed by atoms with E-state index >= 15 is 0 Å². The van der Waals surface area contributed by atoms with Gasteiger partial charge in [-0.05, 0) is 90.5 Å². The highest BCUT2D eigenvalue weighted by molar-refractivity contribution is 14.1. The van der Waals surface area contributed by atoms with Gasteiger partial charge >= 0.3 is 0 Å². The SMILES string of the molecule is COc1cc(C2C3=CCC4C(=O)N(C5CCN(Cc6ccccc6)CC5)C(=O)C4C3CC3=C2C(=O)C=C(C)C3=O)cc(I)c1O. The van der Waals surface area contributed by atoms with E-state index in [0.717, 1.165) is 38.0 Å². The maximum absolute atomic E-state index is 14.3. The lowest BCUT2D eigenvalue weighted by Gasteiger charge is -2.42. The lowest BCUT2D eigenvalue weighted by molar-refractivity contribution is -0.144. The van der Waals surface area contributed by atoms with Crippen LogP contribution in [-0.2, 0) is 25.7 Å². The third-order valence-electron chi connectivity index (χ3n) is 10.4. The first-order valence-electron chi connectivity index (χ1n) is 15.6. The Balaban J connectivity index is 1.21. The van der Waals surface area contributed by atoms with Crippen LogP contribution in [0.2, 0.25) is 0 Å². The van der Waals surface area contributed by atoms with E-state index in [2.05, 4.69) is 17.0 Å². The fourth-order valence-corrected chi connectivity index (χ4v) is 8.86. The Morgan fingerprint density at radius 1 is 1.00 bits per heavy atom. The second-order valence-electron chi connectivity index (χ2n) is 12.8. The van der Waals surface area contributed by atoms with Gasteiger partial charge in [-0.1, -0.05) is 42.0 Å². The number of likely N-dealkylation sites (tertiary alicyclic amines) is 2. The Bertz CT molecular complexity index is 1720. The molecular weight excluding hydrogens is 683 g/mol. The summed E-state index contributed by atoms with van der Waals surface area (Å²) in [6.07, 6.45) is 5.56. The van der Waals surface area contributed by atoms with Crippen LogP contribution in [0.25, 0.3) is 0 Å². The highest BCUT2D eigenvalue weighted by atomic mass is 127. The maximum Gasteiger partial charge on any atom is 0.233 e. The highest BCUT2D eigenvalue weighted by Gasteiger charge is 2.57. The molecule has 0 spiro atoms. The Hall–Kier alpha value is -3.57. The van der Waals surface area contributed by atoms with Crippen molar-refractivity contribution >= 4 is 46.0 Å². The molecule has 0 bridgehead atoms. The minimum atomic E-state index is -0.582. The molecule has 2 fully saturated rings. The number of imide groups is 1. The summed E-state index contributed by atoms with van der Waals surface area (Å²) >= 11 is 2.03. The van der Waals surface area contributed by atoms with E-state index in [-0.39, 0.29) is 53.3 Å². The number of allylic oxidation sites excluding steroid dienone is 6. The number of halogens is 1. The van der Waals surface area contributed by atoms with Crippen LogP contribution in [0.4, 0.5) is 0 Å². The van der Waals surface area contributed by atoms with Crippen LogP contribution < -0.4 is 4.74 Å². The zero-order valence-corrected chi connectivity index (χ0v) is 27.5. The molecular formula is C36H35IN2O6. The summed E-state index contributed by atoms with van der Waals surface area (Å²) in [6.45, 7) is 4.11. The van der Waals surface area contributed by atoms with Crippen molar-refractivity contribution in [2.24, 2.45) is 17.8 Å². The number of ketones is 2. The van der Waals surface area contributed by atoms with Crippen LogP contribution in [-0.4, -0.2) is 64.5 Å². The van der Waals surface area contributed by atoms with Crippen molar-refractivity contribution in [3.8, 4) is 11.5 Å². The standard InChI is InChI=1S/C36H35IN2O6/c1-19-14-28(40)32-26(33(19)41)17-25-23(30(32)21-15-27(37)34(42)29(16-21)45-2)8-9-24-31(25)36(44)39(35(24)43)22-10-12-38(13-11-22)18-20-6-4-3-5-7-20/h3-8,14-16,22,24-25,30-31,42H,9-13,17-18H2,1-2H3. The minimum Gasteiger partial charge on any atom is -0.504 e. The highest BCUT2D eigenvalue weighted by Crippen LogP contribution is 2.56. The number of piperidine rings is 1. The molecule has 0 saturated carbocycles. The maximum atomic E-state index is 14.3. The summed E-state index contributed by atoms with van der Waals surface area (Å²) in [5.41, 5.74) is 4.10. The minimum absolute atomic E-state index is 0.00455. The van der Waals surface area contributed by atoms with Crippen molar-refractivity contribution in [2.45, 2.75) is 51.1 Å². The Morgan fingerprint density at radius 2 is 1.73 bits per heavy atom. The fourth-order valence-electron chi connectivity index (χ4n) is 8.24. The first kappa shape index (κ1) is 30.1. The van der Waals surface area contributed by atoms with Crippen LogP contribution in [0.1, 0.15) is 49.7 Å². The van der Waals surface area contributed by atoms with Crippen molar-refractivity contribution in [3.05, 3.63) is 91.6 Å². The van der Waals surface area contributed by atoms with Gasteiger partial charge in [-0.15, -0.1) is 0 Å². The number of phenols is 1. The summed E-state index contributed by atoms with van der Waals surface area (Å²) in [7, 11) is 1.47. The van der Waals surface area contributed by atoms with Gasteiger partial charge in [0.25, 0.3) is 0 Å². The average Bonchev–Trinajstić information content (AvgIpc) is 3.30. The van der Waals surface area contributed by atoms with E-state index in [1.165, 1.54) is 18.7 Å². The van der Waals surface area contributed by atoms with Crippen molar-refractivity contribution in [1.82, 2.24) is 9.80 Å². The van der Waals surface area contributed by atoms with Crippen LogP contribution in [0, 0.1) is 21.3 Å². The topological polar surface area (TPSA) is 104 Å². The summed E-state index contributed by atoms with van der Waals surface area (Å²) < 4.78 is 6.01. The first-order chi connectivity index (χ1) is 21.7. The quantitative estimate of drug-likeness (QED) is 0.199. The van der Waals surface area contributed by atoms with Gasteiger partial charge in [-0.25, -0.2) is 0 Å². The number of aromatic hydroxyl groups is 1. The number of methoxy groups -OCH3 is 1. The molecule has 2 amide bonds. The molecule has 9 heteroatoms. The molecule has 45 heavy (non-hydrogen) atoms. The zero-order valence-electron chi connectivity index (χ0n) is 25.3. The Morgan fingerprint density at radius 3 is 2.44 bits per heavy atom. The smallest absolute Gasteiger partial charge is 0.233 e. The number of hydrogen-bond acceptors (Lipinski definition) is 7. The van der Waals surface area contributed by atoms with E-state index in [1.54, 1.807) is 17.9 Å². The van der Waals surface area contributed by atoms with E-state index in [0.29, 0.717) is 32.3 Å². The zero-order chi connectivity index (χ0) is 31.6. The summed E-state index contributed by atoms with van der Waals surface area (Å²) in [5.74, 6) is -2.40. The molecule has 4 unspecified atom stereocenters. The van der Waals surface area contributed by atoms with Gasteiger partial charge < -0.3 is 9.84 Å². The molecule has 0 radical (unpaired) electrons. The largest absolute Gasteiger partial charge is 0.504 e. The van der Waals surface area contributed by atoms with Crippen molar-refractivity contribution < 1.29 is 29.0 Å². The number of benzene rings is 2. The molecule has 232 valence electrons. The number of hydrogen-bond donors (Lipinski definition) is 1. The second-order valence-corrected chi connectivity index (χ2v) is 14.0. The summed E-state index contributed by atoms with van der Waals surface area (Å²) in [6, 6.07) is 13.7. The lowest BCUT2D eigenvalue weighted by atomic mass is 9.59. The lowest BCUT2D eigenvalue weighted by Crippen LogP contribution is -2.47. The first-order valence-corrected chi connectivity index (χ1v) is 16.7. The second kappa shape index (κ2) is 11.7. The van der Waals surface area contributed by atoms with Crippen molar-refractivity contribution in [2.75, 3.05) is 20.2 Å². The number of fused-ring (bicyclic) bond motifs is 3. The molecule has 3 aliphatic carbocycles. The molecule has 7 rings (SSSR count).